The molecule has 0 saturated carbocycles. The first-order valence-corrected chi connectivity index (χ1v) is 7.39. The zero-order chi connectivity index (χ0) is 10.3. The van der Waals surface area contributed by atoms with Gasteiger partial charge in [0, 0.05) is 24.1 Å². The molecule has 0 amide bonds. The minimum atomic E-state index is 1.35. The third-order valence-electron chi connectivity index (χ3n) is 2.32. The third kappa shape index (κ3) is 1.62. The van der Waals surface area contributed by atoms with Crippen molar-refractivity contribution >= 4 is 55.4 Å². The van der Waals surface area contributed by atoms with Crippen molar-refractivity contribution in [3.05, 3.63) is 44.7 Å². The maximum atomic E-state index is 2.45. The second-order valence-electron chi connectivity index (χ2n) is 3.25. The number of hydrogen-bond donors (Lipinski definition) is 0. The van der Waals surface area contributed by atoms with Gasteiger partial charge in [0.1, 0.15) is 0 Å². The Labute approximate surface area is 110 Å². The fourth-order valence-corrected chi connectivity index (χ4v) is 4.70. The molecule has 0 N–H and O–H groups in total. The summed E-state index contributed by atoms with van der Waals surface area (Å²) < 4.78 is 2.76. The first kappa shape index (κ1) is 9.81. The monoisotopic (exact) mass is 342 g/mol. The fraction of sp³-hybridized carbons (Fsp3) is 0. The number of hydrogen-bond acceptors (Lipinski definition) is 2. The lowest BCUT2D eigenvalue weighted by molar-refractivity contribution is 1.81. The highest BCUT2D eigenvalue weighted by Gasteiger charge is 2.10. The molecule has 0 saturated heterocycles. The molecule has 0 spiro atoms. The Kier molecular flexibility index (Phi) is 2.54. The molecule has 0 aliphatic rings. The van der Waals surface area contributed by atoms with Crippen molar-refractivity contribution < 1.29 is 0 Å². The molecule has 0 unspecified atom stereocenters. The molecule has 0 radical (unpaired) electrons. The Morgan fingerprint density at radius 2 is 1.93 bits per heavy atom. The van der Waals surface area contributed by atoms with Crippen molar-refractivity contribution in [2.75, 3.05) is 0 Å². The third-order valence-corrected chi connectivity index (χ3v) is 5.71. The average Bonchev–Trinajstić information content (AvgIpc) is 2.87. The lowest BCUT2D eigenvalue weighted by Crippen LogP contribution is -1.70. The molecule has 74 valence electrons. The maximum Gasteiger partial charge on any atom is 0.0497 e. The van der Waals surface area contributed by atoms with Crippen molar-refractivity contribution in [1.29, 1.82) is 0 Å². The SMILES string of the molecule is Ic1c(-c2ccsc2)sc2ccccc12. The molecule has 2 aromatic heterocycles. The van der Waals surface area contributed by atoms with Crippen LogP contribution in [0.2, 0.25) is 0 Å². The number of fused-ring (bicyclic) bond motifs is 1. The molecule has 0 bridgehead atoms. The number of benzene rings is 1. The first-order chi connectivity index (χ1) is 7.36. The van der Waals surface area contributed by atoms with Crippen molar-refractivity contribution in [2.24, 2.45) is 0 Å². The largest absolute Gasteiger partial charge is 0.152 e. The average molecular weight is 342 g/mol. The summed E-state index contributed by atoms with van der Waals surface area (Å²) in [5, 5.41) is 5.73. The highest BCUT2D eigenvalue weighted by molar-refractivity contribution is 14.1. The molecule has 15 heavy (non-hydrogen) atoms. The summed E-state index contributed by atoms with van der Waals surface area (Å²) in [6, 6.07) is 10.8. The van der Waals surface area contributed by atoms with Crippen molar-refractivity contribution in [2.45, 2.75) is 0 Å². The van der Waals surface area contributed by atoms with Gasteiger partial charge in [-0.05, 0) is 45.5 Å². The lowest BCUT2D eigenvalue weighted by atomic mass is 10.2. The highest BCUT2D eigenvalue weighted by Crippen LogP contribution is 2.39. The van der Waals surface area contributed by atoms with Crippen LogP contribution < -0.4 is 0 Å². The predicted molar refractivity (Wildman–Crippen MR) is 77.9 cm³/mol. The number of rotatable bonds is 1. The molecule has 0 aliphatic heterocycles. The molecule has 0 fully saturated rings. The number of thiophene rings is 2. The van der Waals surface area contributed by atoms with E-state index in [1.165, 1.54) is 24.1 Å². The standard InChI is InChI=1S/C12H7IS2/c13-11-9-3-1-2-4-10(9)15-12(11)8-5-6-14-7-8/h1-7H. The van der Waals surface area contributed by atoms with Crippen LogP contribution in [0, 0.1) is 3.57 Å². The van der Waals surface area contributed by atoms with E-state index in [0.29, 0.717) is 0 Å². The Balaban J connectivity index is 2.33. The van der Waals surface area contributed by atoms with Gasteiger partial charge in [-0.15, -0.1) is 11.3 Å². The zero-order valence-corrected chi connectivity index (χ0v) is 11.5. The summed E-state index contributed by atoms with van der Waals surface area (Å²) in [6.45, 7) is 0. The summed E-state index contributed by atoms with van der Waals surface area (Å²) in [5.41, 5.74) is 1.35. The van der Waals surface area contributed by atoms with E-state index in [1.807, 2.05) is 11.3 Å². The van der Waals surface area contributed by atoms with Crippen LogP contribution in [0.5, 0.6) is 0 Å². The van der Waals surface area contributed by atoms with Crippen LogP contribution in [0.15, 0.2) is 41.1 Å². The van der Waals surface area contributed by atoms with Gasteiger partial charge in [0.05, 0.1) is 0 Å². The van der Waals surface area contributed by atoms with Crippen molar-refractivity contribution in [3.8, 4) is 10.4 Å². The fourth-order valence-electron chi connectivity index (χ4n) is 1.59. The van der Waals surface area contributed by atoms with Crippen LogP contribution in [-0.2, 0) is 0 Å². The van der Waals surface area contributed by atoms with Gasteiger partial charge in [0.25, 0.3) is 0 Å². The Hall–Kier alpha value is -0.390. The van der Waals surface area contributed by atoms with Gasteiger partial charge in [0.2, 0.25) is 0 Å². The molecule has 3 heteroatoms. The van der Waals surface area contributed by atoms with E-state index in [4.69, 9.17) is 0 Å². The Morgan fingerprint density at radius 3 is 2.67 bits per heavy atom. The lowest BCUT2D eigenvalue weighted by Gasteiger charge is -1.92. The second kappa shape index (κ2) is 3.88. The van der Waals surface area contributed by atoms with Gasteiger partial charge in [-0.1, -0.05) is 18.2 Å². The van der Waals surface area contributed by atoms with Gasteiger partial charge >= 0.3 is 0 Å². The van der Waals surface area contributed by atoms with Crippen LogP contribution in [0.4, 0.5) is 0 Å². The maximum absolute atomic E-state index is 2.45. The molecule has 0 nitrogen and oxygen atoms in total. The quantitative estimate of drug-likeness (QED) is 0.531. The van der Waals surface area contributed by atoms with Gasteiger partial charge in [-0.2, -0.15) is 11.3 Å². The molecule has 2 heterocycles. The first-order valence-electron chi connectivity index (χ1n) is 4.56. The van der Waals surface area contributed by atoms with E-state index < -0.39 is 0 Å². The molecule has 1 aromatic carbocycles. The van der Waals surface area contributed by atoms with E-state index in [9.17, 15) is 0 Å². The topological polar surface area (TPSA) is 0 Å². The minimum absolute atomic E-state index is 1.35. The smallest absolute Gasteiger partial charge is 0.0497 e. The number of halogens is 1. The van der Waals surface area contributed by atoms with Crippen LogP contribution >= 0.6 is 45.3 Å². The Morgan fingerprint density at radius 1 is 1.07 bits per heavy atom. The van der Waals surface area contributed by atoms with Gasteiger partial charge < -0.3 is 0 Å². The summed E-state index contributed by atoms with van der Waals surface area (Å²) in [6.07, 6.45) is 0. The molecular formula is C12H7IS2. The molecule has 0 aliphatic carbocycles. The van der Waals surface area contributed by atoms with Crippen LogP contribution in [0.1, 0.15) is 0 Å². The molecular weight excluding hydrogens is 335 g/mol. The van der Waals surface area contributed by atoms with E-state index in [0.717, 1.165) is 0 Å². The van der Waals surface area contributed by atoms with E-state index in [-0.39, 0.29) is 0 Å². The summed E-state index contributed by atoms with van der Waals surface area (Å²) in [4.78, 5) is 1.40. The van der Waals surface area contributed by atoms with Crippen molar-refractivity contribution in [1.82, 2.24) is 0 Å². The normalized spacial score (nSPS) is 11.0. The van der Waals surface area contributed by atoms with Crippen LogP contribution in [0.25, 0.3) is 20.5 Å². The Bertz CT molecular complexity index is 593. The van der Waals surface area contributed by atoms with E-state index in [2.05, 4.69) is 63.7 Å². The summed E-state index contributed by atoms with van der Waals surface area (Å²) >= 11 is 6.09. The zero-order valence-electron chi connectivity index (χ0n) is 7.74. The molecule has 3 aromatic rings. The minimum Gasteiger partial charge on any atom is -0.152 e. The van der Waals surface area contributed by atoms with E-state index in [1.54, 1.807) is 11.3 Å². The van der Waals surface area contributed by atoms with Gasteiger partial charge in [-0.25, -0.2) is 0 Å². The van der Waals surface area contributed by atoms with E-state index >= 15 is 0 Å². The highest BCUT2D eigenvalue weighted by atomic mass is 127. The summed E-state index contributed by atoms with van der Waals surface area (Å²) in [7, 11) is 0. The molecule has 0 atom stereocenters. The predicted octanol–water partition coefficient (Wildman–Crippen LogP) is 5.23. The van der Waals surface area contributed by atoms with Crippen molar-refractivity contribution in [3.63, 3.8) is 0 Å². The van der Waals surface area contributed by atoms with Gasteiger partial charge in [-0.3, -0.25) is 0 Å². The summed E-state index contributed by atoms with van der Waals surface area (Å²) in [5.74, 6) is 0. The van der Waals surface area contributed by atoms with Crippen LogP contribution in [-0.4, -0.2) is 0 Å². The van der Waals surface area contributed by atoms with Crippen LogP contribution in [0.3, 0.4) is 0 Å². The second-order valence-corrected chi connectivity index (χ2v) is 6.16. The van der Waals surface area contributed by atoms with Gasteiger partial charge in [0.15, 0.2) is 0 Å². The molecule has 3 rings (SSSR count).